The summed E-state index contributed by atoms with van der Waals surface area (Å²) in [6.45, 7) is 2.50. The van der Waals surface area contributed by atoms with E-state index in [1.807, 2.05) is 48.5 Å². The van der Waals surface area contributed by atoms with E-state index in [9.17, 15) is 4.79 Å². The summed E-state index contributed by atoms with van der Waals surface area (Å²) in [5.41, 5.74) is 4.53. The molecule has 5 rings (SSSR count). The zero-order valence-electron chi connectivity index (χ0n) is 16.3. The zero-order chi connectivity index (χ0) is 19.8. The topological polar surface area (TPSA) is 63.3 Å². The molecule has 0 saturated carbocycles. The molecule has 0 saturated heterocycles. The van der Waals surface area contributed by atoms with Crippen LogP contribution in [0.4, 0.5) is 5.69 Å². The van der Waals surface area contributed by atoms with Gasteiger partial charge in [0.1, 0.15) is 11.3 Å². The number of likely N-dealkylation sites (N-methyl/N-ethyl adjacent to an activating group) is 1. The Morgan fingerprint density at radius 3 is 2.93 bits per heavy atom. The maximum Gasteiger partial charge on any atom is 0.258 e. The van der Waals surface area contributed by atoms with Crippen molar-refractivity contribution in [1.29, 1.82) is 0 Å². The smallest absolute Gasteiger partial charge is 0.258 e. The first-order chi connectivity index (χ1) is 14.2. The van der Waals surface area contributed by atoms with Crippen LogP contribution in [0.5, 0.6) is 0 Å². The fourth-order valence-corrected chi connectivity index (χ4v) is 3.83. The molecule has 0 unspecified atom stereocenters. The third-order valence-electron chi connectivity index (χ3n) is 5.36. The maximum absolute atomic E-state index is 12.7. The molecule has 1 amide bonds. The fourth-order valence-electron chi connectivity index (χ4n) is 3.83. The summed E-state index contributed by atoms with van der Waals surface area (Å²) in [7, 11) is 2.11. The van der Waals surface area contributed by atoms with Gasteiger partial charge in [0.15, 0.2) is 0 Å². The molecule has 0 radical (unpaired) electrons. The Balaban J connectivity index is 1.34. The van der Waals surface area contributed by atoms with E-state index in [0.717, 1.165) is 47.5 Å². The van der Waals surface area contributed by atoms with Crippen LogP contribution in [0.2, 0.25) is 0 Å². The molecule has 2 aromatic carbocycles. The Bertz CT molecular complexity index is 1180. The first-order valence-corrected chi connectivity index (χ1v) is 9.76. The third kappa shape index (κ3) is 3.54. The number of carbonyl (C=O) groups is 1. The lowest BCUT2D eigenvalue weighted by Gasteiger charge is -2.21. The van der Waals surface area contributed by atoms with E-state index < -0.39 is 0 Å². The number of nitrogens with zero attached hydrogens (tertiary/aromatic N) is 3. The molecule has 1 N–H and O–H groups in total. The quantitative estimate of drug-likeness (QED) is 0.577. The summed E-state index contributed by atoms with van der Waals surface area (Å²) in [6, 6.07) is 15.9. The van der Waals surface area contributed by atoms with Gasteiger partial charge in [-0.3, -0.25) is 9.48 Å². The number of hydrogen-bond donors (Lipinski definition) is 1. The van der Waals surface area contributed by atoms with Crippen LogP contribution in [-0.2, 0) is 19.5 Å². The molecule has 146 valence electrons. The van der Waals surface area contributed by atoms with Crippen LogP contribution in [0, 0.1) is 0 Å². The highest BCUT2D eigenvalue weighted by atomic mass is 16.3. The molecule has 0 spiro atoms. The first-order valence-electron chi connectivity index (χ1n) is 9.76. The summed E-state index contributed by atoms with van der Waals surface area (Å²) in [4.78, 5) is 15.0. The van der Waals surface area contributed by atoms with Gasteiger partial charge in [-0.1, -0.05) is 30.3 Å². The molecule has 0 atom stereocenters. The number of anilines is 1. The van der Waals surface area contributed by atoms with Gasteiger partial charge in [0.25, 0.3) is 5.91 Å². The van der Waals surface area contributed by atoms with Gasteiger partial charge in [0, 0.05) is 42.3 Å². The van der Waals surface area contributed by atoms with E-state index in [2.05, 4.69) is 22.4 Å². The Hall–Kier alpha value is -3.38. The molecule has 29 heavy (non-hydrogen) atoms. The molecular weight excluding hydrogens is 364 g/mol. The molecule has 1 aliphatic rings. The second-order valence-electron chi connectivity index (χ2n) is 7.57. The van der Waals surface area contributed by atoms with Crippen molar-refractivity contribution in [2.24, 2.45) is 0 Å². The molecule has 0 aliphatic carbocycles. The fraction of sp³-hybridized carbons (Fsp3) is 0.217. The van der Waals surface area contributed by atoms with E-state index in [1.54, 1.807) is 17.1 Å². The van der Waals surface area contributed by atoms with Crippen LogP contribution in [0.15, 0.2) is 65.3 Å². The average molecular weight is 386 g/mol. The first kappa shape index (κ1) is 17.7. The second kappa shape index (κ2) is 7.22. The van der Waals surface area contributed by atoms with Crippen molar-refractivity contribution in [2.45, 2.75) is 19.5 Å². The summed E-state index contributed by atoms with van der Waals surface area (Å²) in [6.07, 6.45) is 4.30. The minimum Gasteiger partial charge on any atom is -0.461 e. The van der Waals surface area contributed by atoms with Gasteiger partial charge in [-0.05, 0) is 30.8 Å². The summed E-state index contributed by atoms with van der Waals surface area (Å²) in [5.74, 6) is 0.891. The molecule has 6 nitrogen and oxygen atoms in total. The van der Waals surface area contributed by atoms with E-state index >= 15 is 0 Å². The molecule has 0 bridgehead atoms. The predicted molar refractivity (Wildman–Crippen MR) is 112 cm³/mol. The molecular formula is C23H22N4O2. The highest BCUT2D eigenvalue weighted by Gasteiger charge is 2.21. The number of carbonyl (C=O) groups excluding carboxylic acids is 1. The lowest BCUT2D eigenvalue weighted by atomic mass is 10.0. The van der Waals surface area contributed by atoms with Gasteiger partial charge >= 0.3 is 0 Å². The van der Waals surface area contributed by atoms with Gasteiger partial charge in [-0.2, -0.15) is 5.10 Å². The van der Waals surface area contributed by atoms with Crippen molar-refractivity contribution in [3.8, 4) is 0 Å². The summed E-state index contributed by atoms with van der Waals surface area (Å²) >= 11 is 0. The van der Waals surface area contributed by atoms with Crippen LogP contribution < -0.4 is 5.32 Å². The largest absolute Gasteiger partial charge is 0.461 e. The number of amides is 1. The van der Waals surface area contributed by atoms with Crippen molar-refractivity contribution < 1.29 is 9.21 Å². The van der Waals surface area contributed by atoms with E-state index in [-0.39, 0.29) is 5.91 Å². The highest BCUT2D eigenvalue weighted by Crippen LogP contribution is 2.32. The van der Waals surface area contributed by atoms with Crippen LogP contribution in [0.3, 0.4) is 0 Å². The Labute approximate surface area is 168 Å². The van der Waals surface area contributed by atoms with Crippen molar-refractivity contribution in [3.05, 3.63) is 83.4 Å². The number of rotatable bonds is 4. The Morgan fingerprint density at radius 1 is 1.21 bits per heavy atom. The molecule has 6 heteroatoms. The number of furan rings is 1. The SMILES string of the molecule is CN1CCc2oc3ccc(NC(=O)c4cnn(Cc5ccccc5)c4)cc3c2C1. The number of fused-ring (bicyclic) bond motifs is 3. The van der Waals surface area contributed by atoms with Crippen molar-refractivity contribution in [1.82, 2.24) is 14.7 Å². The van der Waals surface area contributed by atoms with Gasteiger partial charge in [-0.15, -0.1) is 0 Å². The predicted octanol–water partition coefficient (Wildman–Crippen LogP) is 3.92. The molecule has 4 aromatic rings. The summed E-state index contributed by atoms with van der Waals surface area (Å²) in [5, 5.41) is 8.38. The molecule has 2 aromatic heterocycles. The maximum atomic E-state index is 12.7. The Morgan fingerprint density at radius 2 is 2.07 bits per heavy atom. The normalized spacial score (nSPS) is 14.1. The summed E-state index contributed by atoms with van der Waals surface area (Å²) < 4.78 is 7.76. The zero-order valence-corrected chi connectivity index (χ0v) is 16.3. The number of aromatic nitrogens is 2. The highest BCUT2D eigenvalue weighted by molar-refractivity contribution is 6.05. The molecule has 1 aliphatic heterocycles. The lowest BCUT2D eigenvalue weighted by Crippen LogP contribution is -2.25. The van der Waals surface area contributed by atoms with Crippen LogP contribution in [-0.4, -0.2) is 34.2 Å². The number of nitrogens with one attached hydrogen (secondary N) is 1. The molecule has 3 heterocycles. The minimum absolute atomic E-state index is 0.168. The Kier molecular flexibility index (Phi) is 4.41. The number of hydrogen-bond acceptors (Lipinski definition) is 4. The van der Waals surface area contributed by atoms with Gasteiger partial charge < -0.3 is 14.6 Å². The minimum atomic E-state index is -0.168. The van der Waals surface area contributed by atoms with Crippen LogP contribution in [0.1, 0.15) is 27.2 Å². The van der Waals surface area contributed by atoms with Crippen molar-refractivity contribution in [2.75, 3.05) is 18.9 Å². The van der Waals surface area contributed by atoms with Crippen LogP contribution in [0.25, 0.3) is 11.0 Å². The van der Waals surface area contributed by atoms with Crippen molar-refractivity contribution in [3.63, 3.8) is 0 Å². The van der Waals surface area contributed by atoms with E-state index in [1.165, 1.54) is 5.56 Å². The standard InChI is InChI=1S/C23H22N4O2/c1-26-10-9-22-20(15-26)19-11-18(7-8-21(19)29-22)25-23(28)17-12-24-27(14-17)13-16-5-3-2-4-6-16/h2-8,11-12,14H,9-10,13,15H2,1H3,(H,25,28). The lowest BCUT2D eigenvalue weighted by molar-refractivity contribution is 0.102. The monoisotopic (exact) mass is 386 g/mol. The van der Waals surface area contributed by atoms with Gasteiger partial charge in [0.05, 0.1) is 18.3 Å². The molecule has 0 fully saturated rings. The third-order valence-corrected chi connectivity index (χ3v) is 5.36. The van der Waals surface area contributed by atoms with E-state index in [0.29, 0.717) is 12.1 Å². The second-order valence-corrected chi connectivity index (χ2v) is 7.57. The number of benzene rings is 2. The van der Waals surface area contributed by atoms with Gasteiger partial charge in [-0.25, -0.2) is 0 Å². The van der Waals surface area contributed by atoms with Crippen LogP contribution >= 0.6 is 0 Å². The van der Waals surface area contributed by atoms with E-state index in [4.69, 9.17) is 4.42 Å². The van der Waals surface area contributed by atoms with Gasteiger partial charge in [0.2, 0.25) is 0 Å². The average Bonchev–Trinajstić information content (AvgIpc) is 3.33. The van der Waals surface area contributed by atoms with Crippen molar-refractivity contribution >= 4 is 22.6 Å².